The number of rotatable bonds is 5. The van der Waals surface area contributed by atoms with Crippen molar-refractivity contribution in [3.8, 4) is 0 Å². The van der Waals surface area contributed by atoms with Crippen molar-refractivity contribution in [1.29, 1.82) is 0 Å². The summed E-state index contributed by atoms with van der Waals surface area (Å²) in [7, 11) is 0. The number of anilines is 1. The number of alkyl halides is 2. The predicted octanol–water partition coefficient (Wildman–Crippen LogP) is 4.33. The van der Waals surface area contributed by atoms with Gasteiger partial charge in [-0.2, -0.15) is 0 Å². The lowest BCUT2D eigenvalue weighted by atomic mass is 10.0. The van der Waals surface area contributed by atoms with Crippen molar-refractivity contribution in [3.63, 3.8) is 0 Å². The summed E-state index contributed by atoms with van der Waals surface area (Å²) in [4.78, 5) is 4.39. The molecule has 2 rings (SSSR count). The quantitative estimate of drug-likeness (QED) is 0.828. The Balaban J connectivity index is 2.37. The van der Waals surface area contributed by atoms with Crippen LogP contribution in [0, 0.1) is 0 Å². The van der Waals surface area contributed by atoms with Crippen LogP contribution in [0.15, 0.2) is 23.7 Å². The molecule has 0 spiro atoms. The smallest absolute Gasteiger partial charge is 0.135 e. The van der Waals surface area contributed by atoms with Gasteiger partial charge in [-0.25, -0.2) is 4.98 Å². The van der Waals surface area contributed by atoms with Crippen LogP contribution in [0.5, 0.6) is 0 Å². The number of nitrogens with one attached hydrogen (secondary N) is 1. The molecule has 2 aromatic heterocycles. The van der Waals surface area contributed by atoms with E-state index in [1.165, 1.54) is 4.70 Å². The van der Waals surface area contributed by atoms with E-state index in [1.54, 1.807) is 11.3 Å². The number of halogens is 2. The van der Waals surface area contributed by atoms with Crippen LogP contribution >= 0.6 is 34.5 Å². The highest BCUT2D eigenvalue weighted by molar-refractivity contribution is 7.17. The summed E-state index contributed by atoms with van der Waals surface area (Å²) in [6.45, 7) is 2.07. The molecule has 0 bridgehead atoms. The van der Waals surface area contributed by atoms with E-state index in [1.807, 2.05) is 12.3 Å². The second-order valence-corrected chi connectivity index (χ2v) is 5.50. The number of thiophene rings is 1. The molecule has 0 atom stereocenters. The van der Waals surface area contributed by atoms with E-state index in [2.05, 4.69) is 28.7 Å². The van der Waals surface area contributed by atoms with Crippen LogP contribution in [-0.4, -0.2) is 22.3 Å². The molecule has 17 heavy (non-hydrogen) atoms. The SMILES string of the molecule is CCC(CCl)(CCl)Nc1nccc2sccc12. The number of pyridine rings is 1. The predicted molar refractivity (Wildman–Crippen MR) is 77.7 cm³/mol. The van der Waals surface area contributed by atoms with Gasteiger partial charge in [0.05, 0.1) is 5.54 Å². The van der Waals surface area contributed by atoms with Crippen molar-refractivity contribution >= 4 is 50.4 Å². The molecule has 0 aliphatic rings. The van der Waals surface area contributed by atoms with Crippen LogP contribution in [0.3, 0.4) is 0 Å². The Bertz CT molecular complexity index is 486. The Labute approximate surface area is 115 Å². The minimum atomic E-state index is -0.285. The van der Waals surface area contributed by atoms with E-state index in [9.17, 15) is 0 Å². The van der Waals surface area contributed by atoms with E-state index < -0.39 is 0 Å². The van der Waals surface area contributed by atoms with Gasteiger partial charge in [-0.05, 0) is 23.9 Å². The van der Waals surface area contributed by atoms with Crippen LogP contribution in [-0.2, 0) is 0 Å². The largest absolute Gasteiger partial charge is 0.362 e. The minimum Gasteiger partial charge on any atom is -0.362 e. The van der Waals surface area contributed by atoms with E-state index in [4.69, 9.17) is 23.2 Å². The van der Waals surface area contributed by atoms with Crippen molar-refractivity contribution in [3.05, 3.63) is 23.7 Å². The van der Waals surface area contributed by atoms with Gasteiger partial charge in [-0.15, -0.1) is 34.5 Å². The molecule has 5 heteroatoms. The second kappa shape index (κ2) is 5.42. The van der Waals surface area contributed by atoms with E-state index >= 15 is 0 Å². The maximum absolute atomic E-state index is 6.03. The summed E-state index contributed by atoms with van der Waals surface area (Å²) in [5, 5.41) is 6.59. The molecule has 0 saturated carbocycles. The number of aromatic nitrogens is 1. The lowest BCUT2D eigenvalue weighted by Gasteiger charge is -2.30. The third-order valence-corrected chi connectivity index (χ3v) is 4.86. The first-order valence-corrected chi connectivity index (χ1v) is 7.42. The molecular weight excluding hydrogens is 275 g/mol. The molecule has 0 fully saturated rings. The van der Waals surface area contributed by atoms with Gasteiger partial charge >= 0.3 is 0 Å². The molecule has 0 radical (unpaired) electrons. The van der Waals surface area contributed by atoms with Crippen molar-refractivity contribution in [2.24, 2.45) is 0 Å². The zero-order valence-corrected chi connectivity index (χ0v) is 11.9. The first kappa shape index (κ1) is 12.9. The Hall–Kier alpha value is -0.510. The van der Waals surface area contributed by atoms with Crippen LogP contribution in [0.4, 0.5) is 5.82 Å². The number of nitrogens with zero attached hydrogens (tertiary/aromatic N) is 1. The van der Waals surface area contributed by atoms with Gasteiger partial charge < -0.3 is 5.32 Å². The van der Waals surface area contributed by atoms with E-state index in [0.29, 0.717) is 11.8 Å². The third-order valence-electron chi connectivity index (χ3n) is 2.95. The van der Waals surface area contributed by atoms with E-state index in [0.717, 1.165) is 17.6 Å². The van der Waals surface area contributed by atoms with Gasteiger partial charge in [0.2, 0.25) is 0 Å². The van der Waals surface area contributed by atoms with Gasteiger partial charge in [-0.3, -0.25) is 0 Å². The number of hydrogen-bond donors (Lipinski definition) is 1. The Kier molecular flexibility index (Phi) is 4.13. The summed E-state index contributed by atoms with van der Waals surface area (Å²) in [5.74, 6) is 1.80. The van der Waals surface area contributed by atoms with Crippen LogP contribution in [0.2, 0.25) is 0 Å². The third kappa shape index (κ3) is 2.51. The highest BCUT2D eigenvalue weighted by atomic mass is 35.5. The van der Waals surface area contributed by atoms with Crippen molar-refractivity contribution in [2.75, 3.05) is 17.1 Å². The summed E-state index contributed by atoms with van der Waals surface area (Å²) < 4.78 is 1.22. The molecule has 0 aliphatic carbocycles. The fourth-order valence-corrected chi connectivity index (χ4v) is 3.20. The second-order valence-electron chi connectivity index (χ2n) is 4.02. The minimum absolute atomic E-state index is 0.285. The number of hydrogen-bond acceptors (Lipinski definition) is 3. The maximum atomic E-state index is 6.03. The molecular formula is C12H14Cl2N2S. The number of fused-ring (bicyclic) bond motifs is 1. The van der Waals surface area contributed by atoms with Crippen LogP contribution in [0.25, 0.3) is 10.1 Å². The van der Waals surface area contributed by atoms with Gasteiger partial charge in [0.25, 0.3) is 0 Å². The maximum Gasteiger partial charge on any atom is 0.135 e. The Morgan fingerprint density at radius 2 is 2.12 bits per heavy atom. The molecule has 0 aromatic carbocycles. The fourth-order valence-electron chi connectivity index (χ4n) is 1.63. The molecule has 2 nitrogen and oxygen atoms in total. The molecule has 0 amide bonds. The molecule has 2 aromatic rings. The van der Waals surface area contributed by atoms with Crippen molar-refractivity contribution in [2.45, 2.75) is 18.9 Å². The standard InChI is InChI=1S/C12H14Cl2N2S/c1-2-12(7-13,8-14)16-11-9-4-6-17-10(9)3-5-15-11/h3-6H,2,7-8H2,1H3,(H,15,16). The summed E-state index contributed by atoms with van der Waals surface area (Å²) in [6.07, 6.45) is 2.67. The molecule has 2 heterocycles. The fraction of sp³-hybridized carbons (Fsp3) is 0.417. The average molecular weight is 289 g/mol. The summed E-state index contributed by atoms with van der Waals surface area (Å²) in [6, 6.07) is 4.08. The molecule has 0 aliphatic heterocycles. The van der Waals surface area contributed by atoms with Crippen LogP contribution < -0.4 is 5.32 Å². The monoisotopic (exact) mass is 288 g/mol. The zero-order chi connectivity index (χ0) is 12.3. The molecule has 0 saturated heterocycles. The Morgan fingerprint density at radius 1 is 1.35 bits per heavy atom. The summed E-state index contributed by atoms with van der Waals surface area (Å²) in [5.41, 5.74) is -0.285. The molecule has 0 unspecified atom stereocenters. The van der Waals surface area contributed by atoms with Gasteiger partial charge in [0.15, 0.2) is 0 Å². The van der Waals surface area contributed by atoms with Gasteiger partial charge in [0, 0.05) is 28.0 Å². The summed E-state index contributed by atoms with van der Waals surface area (Å²) >= 11 is 13.8. The first-order chi connectivity index (χ1) is 8.24. The molecule has 92 valence electrons. The van der Waals surface area contributed by atoms with Gasteiger partial charge in [-0.1, -0.05) is 6.92 Å². The van der Waals surface area contributed by atoms with Crippen molar-refractivity contribution < 1.29 is 0 Å². The lowest BCUT2D eigenvalue weighted by Crippen LogP contribution is -2.42. The van der Waals surface area contributed by atoms with Crippen LogP contribution in [0.1, 0.15) is 13.3 Å². The lowest BCUT2D eigenvalue weighted by molar-refractivity contribution is 0.559. The van der Waals surface area contributed by atoms with Crippen molar-refractivity contribution in [1.82, 2.24) is 4.98 Å². The zero-order valence-electron chi connectivity index (χ0n) is 9.54. The molecule has 1 N–H and O–H groups in total. The topological polar surface area (TPSA) is 24.9 Å². The van der Waals surface area contributed by atoms with Gasteiger partial charge in [0.1, 0.15) is 5.82 Å². The first-order valence-electron chi connectivity index (χ1n) is 5.47. The normalized spacial score (nSPS) is 11.9. The highest BCUT2D eigenvalue weighted by Gasteiger charge is 2.27. The highest BCUT2D eigenvalue weighted by Crippen LogP contribution is 2.29. The van der Waals surface area contributed by atoms with E-state index in [-0.39, 0.29) is 5.54 Å². The average Bonchev–Trinajstić information content (AvgIpc) is 2.85. The Morgan fingerprint density at radius 3 is 2.76 bits per heavy atom.